The summed E-state index contributed by atoms with van der Waals surface area (Å²) in [5.74, 6) is 0.208. The number of hydrogen-bond acceptors (Lipinski definition) is 4. The van der Waals surface area contributed by atoms with E-state index in [9.17, 15) is 4.79 Å². The third-order valence-corrected chi connectivity index (χ3v) is 3.36. The highest BCUT2D eigenvalue weighted by Crippen LogP contribution is 2.19. The normalized spacial score (nSPS) is 20.3. The van der Waals surface area contributed by atoms with Crippen LogP contribution in [0.1, 0.15) is 24.5 Å². The molecular formula is C12H18N4O. The van der Waals surface area contributed by atoms with Gasteiger partial charge in [0.2, 0.25) is 5.82 Å². The molecule has 1 aliphatic rings. The maximum atomic E-state index is 12.2. The summed E-state index contributed by atoms with van der Waals surface area (Å²) in [6.07, 6.45) is 3.20. The number of piperazine rings is 1. The monoisotopic (exact) mass is 234 g/mol. The van der Waals surface area contributed by atoms with Crippen molar-refractivity contribution in [1.29, 1.82) is 0 Å². The van der Waals surface area contributed by atoms with Crippen molar-refractivity contribution in [3.63, 3.8) is 0 Å². The lowest BCUT2D eigenvalue weighted by Gasteiger charge is -2.45. The van der Waals surface area contributed by atoms with E-state index in [4.69, 9.17) is 0 Å². The first kappa shape index (κ1) is 12.0. The first-order chi connectivity index (χ1) is 8.00. The van der Waals surface area contributed by atoms with Crippen LogP contribution in [0.4, 0.5) is 0 Å². The van der Waals surface area contributed by atoms with Crippen LogP contribution in [0.5, 0.6) is 0 Å². The molecule has 1 aliphatic heterocycles. The average molecular weight is 234 g/mol. The Balaban J connectivity index is 2.12. The molecule has 0 aliphatic carbocycles. The van der Waals surface area contributed by atoms with Gasteiger partial charge in [-0.05, 0) is 27.0 Å². The lowest BCUT2D eigenvalue weighted by molar-refractivity contribution is 0.0302. The van der Waals surface area contributed by atoms with E-state index in [2.05, 4.69) is 35.8 Å². The van der Waals surface area contributed by atoms with Crippen molar-refractivity contribution >= 4 is 5.91 Å². The minimum atomic E-state index is -0.0771. The number of likely N-dealkylation sites (N-methyl/N-ethyl adjacent to an activating group) is 1. The Labute approximate surface area is 101 Å². The van der Waals surface area contributed by atoms with Crippen LogP contribution in [-0.2, 0) is 0 Å². The lowest BCUT2D eigenvalue weighted by atomic mass is 10.00. The van der Waals surface area contributed by atoms with Crippen molar-refractivity contribution in [3.8, 4) is 0 Å². The van der Waals surface area contributed by atoms with Gasteiger partial charge in [0.15, 0.2) is 0 Å². The molecule has 1 aromatic rings. The van der Waals surface area contributed by atoms with Crippen molar-refractivity contribution in [3.05, 3.63) is 24.3 Å². The molecule has 0 unspecified atom stereocenters. The molecule has 0 atom stereocenters. The van der Waals surface area contributed by atoms with Gasteiger partial charge in [0.05, 0.1) is 0 Å². The number of aromatic nitrogens is 2. The van der Waals surface area contributed by atoms with Crippen molar-refractivity contribution in [1.82, 2.24) is 19.8 Å². The van der Waals surface area contributed by atoms with Gasteiger partial charge in [-0.3, -0.25) is 9.69 Å². The molecule has 2 rings (SSSR count). The quantitative estimate of drug-likeness (QED) is 0.715. The minimum Gasteiger partial charge on any atom is -0.333 e. The zero-order chi connectivity index (χ0) is 12.5. The molecule has 0 aromatic carbocycles. The van der Waals surface area contributed by atoms with Crippen LogP contribution >= 0.6 is 0 Å². The molecule has 0 N–H and O–H groups in total. The zero-order valence-corrected chi connectivity index (χ0v) is 10.6. The van der Waals surface area contributed by atoms with Gasteiger partial charge >= 0.3 is 0 Å². The molecule has 1 saturated heterocycles. The van der Waals surface area contributed by atoms with Gasteiger partial charge in [-0.1, -0.05) is 0 Å². The van der Waals surface area contributed by atoms with E-state index in [1.165, 1.54) is 0 Å². The van der Waals surface area contributed by atoms with Crippen molar-refractivity contribution in [2.24, 2.45) is 0 Å². The fraction of sp³-hybridized carbons (Fsp3) is 0.583. The van der Waals surface area contributed by atoms with Crippen LogP contribution in [0.2, 0.25) is 0 Å². The summed E-state index contributed by atoms with van der Waals surface area (Å²) in [4.78, 5) is 24.3. The summed E-state index contributed by atoms with van der Waals surface area (Å²) in [6, 6.07) is 1.71. The van der Waals surface area contributed by atoms with Crippen molar-refractivity contribution in [2.45, 2.75) is 19.4 Å². The Hall–Kier alpha value is -1.49. The van der Waals surface area contributed by atoms with Gasteiger partial charge in [0, 0.05) is 37.6 Å². The molecule has 0 radical (unpaired) electrons. The van der Waals surface area contributed by atoms with Crippen LogP contribution in [0, 0.1) is 0 Å². The highest BCUT2D eigenvalue weighted by Gasteiger charge is 2.34. The molecule has 0 spiro atoms. The van der Waals surface area contributed by atoms with Crippen molar-refractivity contribution < 1.29 is 4.79 Å². The van der Waals surface area contributed by atoms with Crippen LogP contribution in [-0.4, -0.2) is 57.9 Å². The molecule has 1 fully saturated rings. The zero-order valence-electron chi connectivity index (χ0n) is 10.6. The Morgan fingerprint density at radius 2 is 1.94 bits per heavy atom. The summed E-state index contributed by atoms with van der Waals surface area (Å²) in [6.45, 7) is 6.60. The van der Waals surface area contributed by atoms with E-state index in [1.807, 2.05) is 4.90 Å². The molecule has 5 nitrogen and oxygen atoms in total. The highest BCUT2D eigenvalue weighted by atomic mass is 16.2. The predicted octanol–water partition coefficient (Wildman–Crippen LogP) is 0.643. The second-order valence-electron chi connectivity index (χ2n) is 5.03. The number of rotatable bonds is 1. The fourth-order valence-corrected chi connectivity index (χ4v) is 1.96. The van der Waals surface area contributed by atoms with E-state index in [-0.39, 0.29) is 17.3 Å². The first-order valence-electron chi connectivity index (χ1n) is 5.78. The third-order valence-electron chi connectivity index (χ3n) is 3.36. The molecule has 0 saturated carbocycles. The second-order valence-corrected chi connectivity index (χ2v) is 5.03. The van der Waals surface area contributed by atoms with E-state index >= 15 is 0 Å². The maximum Gasteiger partial charge on any atom is 0.291 e. The second kappa shape index (κ2) is 4.41. The van der Waals surface area contributed by atoms with Gasteiger partial charge < -0.3 is 4.90 Å². The average Bonchev–Trinajstić information content (AvgIpc) is 2.33. The van der Waals surface area contributed by atoms with Gasteiger partial charge in [-0.25, -0.2) is 9.97 Å². The predicted molar refractivity (Wildman–Crippen MR) is 64.6 cm³/mol. The van der Waals surface area contributed by atoms with E-state index in [0.29, 0.717) is 6.54 Å². The van der Waals surface area contributed by atoms with Crippen LogP contribution in [0.25, 0.3) is 0 Å². The summed E-state index contributed by atoms with van der Waals surface area (Å²) < 4.78 is 0. The number of hydrogen-bond donors (Lipinski definition) is 0. The standard InChI is InChI=1S/C12H18N4O/c1-12(2)9-16(8-7-15(12)3)11(17)10-13-5-4-6-14-10/h4-6H,7-9H2,1-3H3. The third kappa shape index (κ3) is 2.44. The van der Waals surface area contributed by atoms with Gasteiger partial charge in [-0.15, -0.1) is 0 Å². The summed E-state index contributed by atoms with van der Waals surface area (Å²) in [5.41, 5.74) is 0.00267. The molecule has 2 heterocycles. The number of amides is 1. The van der Waals surface area contributed by atoms with E-state index in [1.54, 1.807) is 18.5 Å². The number of nitrogens with zero attached hydrogens (tertiary/aromatic N) is 4. The van der Waals surface area contributed by atoms with Gasteiger partial charge in [0.25, 0.3) is 5.91 Å². The van der Waals surface area contributed by atoms with E-state index < -0.39 is 0 Å². The molecule has 1 aromatic heterocycles. The molecule has 5 heteroatoms. The summed E-state index contributed by atoms with van der Waals surface area (Å²) in [5, 5.41) is 0. The topological polar surface area (TPSA) is 49.3 Å². The molecular weight excluding hydrogens is 216 g/mol. The van der Waals surface area contributed by atoms with Crippen LogP contribution in [0.3, 0.4) is 0 Å². The Kier molecular flexibility index (Phi) is 3.11. The van der Waals surface area contributed by atoms with E-state index in [0.717, 1.165) is 13.1 Å². The van der Waals surface area contributed by atoms with Gasteiger partial charge in [0.1, 0.15) is 0 Å². The lowest BCUT2D eigenvalue weighted by Crippen LogP contribution is -2.59. The Bertz CT molecular complexity index is 404. The highest BCUT2D eigenvalue weighted by molar-refractivity contribution is 5.90. The van der Waals surface area contributed by atoms with Crippen molar-refractivity contribution in [2.75, 3.05) is 26.7 Å². The van der Waals surface area contributed by atoms with Gasteiger partial charge in [-0.2, -0.15) is 0 Å². The molecule has 17 heavy (non-hydrogen) atoms. The summed E-state index contributed by atoms with van der Waals surface area (Å²) in [7, 11) is 2.08. The molecule has 1 amide bonds. The SMILES string of the molecule is CN1CCN(C(=O)c2ncccn2)CC1(C)C. The molecule has 92 valence electrons. The first-order valence-corrected chi connectivity index (χ1v) is 5.78. The maximum absolute atomic E-state index is 12.2. The Morgan fingerprint density at radius 3 is 2.53 bits per heavy atom. The largest absolute Gasteiger partial charge is 0.333 e. The fourth-order valence-electron chi connectivity index (χ4n) is 1.96. The number of carbonyl (C=O) groups excluding carboxylic acids is 1. The molecule has 0 bridgehead atoms. The number of carbonyl (C=O) groups is 1. The van der Waals surface area contributed by atoms with Crippen LogP contribution < -0.4 is 0 Å². The Morgan fingerprint density at radius 1 is 1.29 bits per heavy atom. The smallest absolute Gasteiger partial charge is 0.291 e. The van der Waals surface area contributed by atoms with Crippen LogP contribution in [0.15, 0.2) is 18.5 Å². The minimum absolute atomic E-state index is 0.00267. The summed E-state index contributed by atoms with van der Waals surface area (Å²) >= 11 is 0.